The van der Waals surface area contributed by atoms with Crippen LogP contribution in [0.2, 0.25) is 0 Å². The molecule has 2 nitrogen and oxygen atoms in total. The molecule has 7 aromatic rings. The van der Waals surface area contributed by atoms with E-state index in [1.54, 1.807) is 0 Å². The Morgan fingerprint density at radius 1 is 0.639 bits per heavy atom. The molecule has 0 aliphatic heterocycles. The Morgan fingerprint density at radius 2 is 1.39 bits per heavy atom. The zero-order valence-electron chi connectivity index (χ0n) is 34.3. The second-order valence-corrected chi connectivity index (χ2v) is 17.2. The number of hydrogen-bond acceptors (Lipinski definition) is 2. The molecule has 0 spiro atoms. The molecule has 0 saturated heterocycles. The Kier molecular flexibility index (Phi) is 8.66. The highest BCUT2D eigenvalue weighted by Gasteiger charge is 2.49. The molecule has 1 aromatic heterocycles. The van der Waals surface area contributed by atoms with E-state index >= 15 is 0 Å². The predicted octanol–water partition coefficient (Wildman–Crippen LogP) is 15.0. The first-order valence-electron chi connectivity index (χ1n) is 22.2. The van der Waals surface area contributed by atoms with Gasteiger partial charge in [-0.3, -0.25) is 0 Å². The lowest BCUT2D eigenvalue weighted by molar-refractivity contribution is 0.529. The molecule has 5 aliphatic carbocycles. The second kappa shape index (κ2) is 14.7. The normalized spacial score (nSPS) is 20.1. The lowest BCUT2D eigenvalue weighted by Crippen LogP contribution is -2.39. The van der Waals surface area contributed by atoms with Crippen LogP contribution in [0, 0.1) is 5.92 Å². The quantitative estimate of drug-likeness (QED) is 0.160. The van der Waals surface area contributed by atoms with Crippen LogP contribution in [0.3, 0.4) is 0 Å². The van der Waals surface area contributed by atoms with Crippen molar-refractivity contribution in [3.8, 4) is 11.1 Å². The molecule has 0 fully saturated rings. The van der Waals surface area contributed by atoms with E-state index in [2.05, 4.69) is 205 Å². The lowest BCUT2D eigenvalue weighted by Gasteiger charge is -2.43. The monoisotopic (exact) mass is 785 g/mol. The predicted molar refractivity (Wildman–Crippen MR) is 253 cm³/mol. The van der Waals surface area contributed by atoms with Gasteiger partial charge in [-0.05, 0) is 113 Å². The number of para-hydroxylation sites is 2. The van der Waals surface area contributed by atoms with Gasteiger partial charge in [-0.2, -0.15) is 0 Å². The van der Waals surface area contributed by atoms with Crippen LogP contribution in [0.4, 0.5) is 5.69 Å². The smallest absolute Gasteiger partial charge is 0.143 e. The van der Waals surface area contributed by atoms with Crippen molar-refractivity contribution < 1.29 is 4.42 Å². The van der Waals surface area contributed by atoms with Gasteiger partial charge in [0.1, 0.15) is 11.2 Å². The van der Waals surface area contributed by atoms with E-state index in [0.29, 0.717) is 5.92 Å². The van der Waals surface area contributed by atoms with Gasteiger partial charge in [0.2, 0.25) is 0 Å². The van der Waals surface area contributed by atoms with Crippen molar-refractivity contribution in [3.63, 3.8) is 0 Å². The molecule has 1 heterocycles. The van der Waals surface area contributed by atoms with Crippen LogP contribution in [-0.2, 0) is 5.41 Å². The van der Waals surface area contributed by atoms with Crippen molar-refractivity contribution in [2.75, 3.05) is 4.90 Å². The summed E-state index contributed by atoms with van der Waals surface area (Å²) >= 11 is 0. The number of fused-ring (bicyclic) bond motifs is 7. The molecule has 61 heavy (non-hydrogen) atoms. The fourth-order valence-corrected chi connectivity index (χ4v) is 11.4. The molecule has 0 radical (unpaired) electrons. The van der Waals surface area contributed by atoms with E-state index in [4.69, 9.17) is 4.42 Å². The van der Waals surface area contributed by atoms with Crippen LogP contribution in [0.25, 0.3) is 38.6 Å². The van der Waals surface area contributed by atoms with E-state index in [1.165, 1.54) is 61.5 Å². The minimum absolute atomic E-state index is 0.0616. The zero-order chi connectivity index (χ0) is 40.3. The Morgan fingerprint density at radius 3 is 2.23 bits per heavy atom. The first-order valence-corrected chi connectivity index (χ1v) is 22.2. The van der Waals surface area contributed by atoms with E-state index in [0.717, 1.165) is 71.6 Å². The van der Waals surface area contributed by atoms with E-state index in [9.17, 15) is 0 Å². The van der Waals surface area contributed by atoms with Gasteiger partial charge in [-0.25, -0.2) is 0 Å². The Labute approximate surface area is 358 Å². The average Bonchev–Trinajstić information content (AvgIpc) is 3.86. The van der Waals surface area contributed by atoms with Crippen LogP contribution in [-0.4, -0.2) is 6.04 Å². The van der Waals surface area contributed by atoms with Crippen molar-refractivity contribution in [1.82, 2.24) is 0 Å². The summed E-state index contributed by atoms with van der Waals surface area (Å²) in [6.45, 7) is 0. The van der Waals surface area contributed by atoms with Gasteiger partial charge in [0, 0.05) is 33.3 Å². The van der Waals surface area contributed by atoms with Crippen molar-refractivity contribution in [2.45, 2.75) is 50.0 Å². The van der Waals surface area contributed by atoms with Gasteiger partial charge in [-0.1, -0.05) is 182 Å². The van der Waals surface area contributed by atoms with Gasteiger partial charge < -0.3 is 9.32 Å². The van der Waals surface area contributed by atoms with Crippen molar-refractivity contribution in [3.05, 3.63) is 251 Å². The molecule has 0 amide bonds. The first kappa shape index (κ1) is 36.0. The summed E-state index contributed by atoms with van der Waals surface area (Å²) < 4.78 is 6.64. The Hall–Kier alpha value is -6.90. The molecule has 0 saturated carbocycles. The number of anilines is 1. The molecule has 12 rings (SSSR count). The van der Waals surface area contributed by atoms with E-state index < -0.39 is 5.41 Å². The summed E-state index contributed by atoms with van der Waals surface area (Å²) in [4.78, 5) is 2.75. The summed E-state index contributed by atoms with van der Waals surface area (Å²) in [7, 11) is 0. The second-order valence-electron chi connectivity index (χ2n) is 17.2. The van der Waals surface area contributed by atoms with Crippen LogP contribution in [0.1, 0.15) is 60.8 Å². The summed E-state index contributed by atoms with van der Waals surface area (Å²) in [5.74, 6) is 0.531. The van der Waals surface area contributed by atoms with Crippen molar-refractivity contribution in [2.24, 2.45) is 5.92 Å². The highest BCUT2D eigenvalue weighted by atomic mass is 16.3. The SMILES string of the molecule is C1=CCC2CCC(N(c3cccc(-c4cccc5c4oc4ccccc45)c3)C3C=C4C(=CC3)c3ccccc3C4(c3ccccc3)c3ccccc3)=C(C3=CCCC=C3)C2=C1. The molecule has 2 heteroatoms. The number of allylic oxidation sites excluding steroid dienone is 12. The molecular weight excluding hydrogens is 739 g/mol. The number of hydrogen-bond donors (Lipinski definition) is 0. The fourth-order valence-electron chi connectivity index (χ4n) is 11.4. The topological polar surface area (TPSA) is 16.4 Å². The Balaban J connectivity index is 1.11. The molecular formula is C59H47NO. The molecule has 0 N–H and O–H groups in total. The standard InChI is InChI=1S/C59H47NO/c1-4-19-41(20-5-1)57-47-27-11-10-18-40(47)34-37-55(57)60(45-26-16-21-42(38-45)48-30-17-31-52-51-29-13-15-33-56(51)61-58(48)52)46-35-36-50-49-28-12-14-32-53(49)59(54(50)39-46,43-22-6-2-7-23-43)44-24-8-3-9-25-44/h2-4,6-17,19-33,36,38-40,46H,1,5,18,34-35,37H2. The highest BCUT2D eigenvalue weighted by molar-refractivity contribution is 6.09. The van der Waals surface area contributed by atoms with Gasteiger partial charge >= 0.3 is 0 Å². The molecule has 0 bridgehead atoms. The molecule has 6 aromatic carbocycles. The number of furan rings is 1. The number of nitrogens with zero attached hydrogens (tertiary/aromatic N) is 1. The molecule has 2 atom stereocenters. The van der Waals surface area contributed by atoms with Crippen LogP contribution in [0.5, 0.6) is 0 Å². The summed E-state index contributed by atoms with van der Waals surface area (Å²) in [5.41, 5.74) is 18.6. The number of benzene rings is 6. The zero-order valence-corrected chi connectivity index (χ0v) is 34.3. The van der Waals surface area contributed by atoms with Gasteiger partial charge in [0.05, 0.1) is 11.5 Å². The van der Waals surface area contributed by atoms with Gasteiger partial charge in [-0.15, -0.1) is 0 Å². The average molecular weight is 786 g/mol. The first-order chi connectivity index (χ1) is 30.3. The van der Waals surface area contributed by atoms with Gasteiger partial charge in [0.25, 0.3) is 0 Å². The summed E-state index contributed by atoms with van der Waals surface area (Å²) in [6, 6.07) is 56.0. The molecule has 294 valence electrons. The minimum Gasteiger partial charge on any atom is -0.455 e. The maximum absolute atomic E-state index is 6.64. The Bertz CT molecular complexity index is 3050. The van der Waals surface area contributed by atoms with Gasteiger partial charge in [0.15, 0.2) is 0 Å². The maximum atomic E-state index is 6.64. The van der Waals surface area contributed by atoms with E-state index in [1.807, 2.05) is 0 Å². The largest absolute Gasteiger partial charge is 0.455 e. The highest BCUT2D eigenvalue weighted by Crippen LogP contribution is 2.59. The van der Waals surface area contributed by atoms with Crippen molar-refractivity contribution in [1.29, 1.82) is 0 Å². The molecule has 5 aliphatic rings. The maximum Gasteiger partial charge on any atom is 0.143 e. The van der Waals surface area contributed by atoms with Crippen molar-refractivity contribution >= 4 is 33.2 Å². The third-order valence-electron chi connectivity index (χ3n) is 14.0. The summed E-state index contributed by atoms with van der Waals surface area (Å²) in [6.07, 6.45) is 25.9. The fraction of sp³-hybridized carbons (Fsp3) is 0.153. The molecule has 2 unspecified atom stereocenters. The lowest BCUT2D eigenvalue weighted by atomic mass is 9.66. The summed E-state index contributed by atoms with van der Waals surface area (Å²) in [5, 5.41) is 2.31. The van der Waals surface area contributed by atoms with Crippen LogP contribution in [0.15, 0.2) is 233 Å². The van der Waals surface area contributed by atoms with Crippen LogP contribution >= 0.6 is 0 Å². The van der Waals surface area contributed by atoms with Crippen LogP contribution < -0.4 is 4.90 Å². The number of rotatable bonds is 7. The van der Waals surface area contributed by atoms with E-state index in [-0.39, 0.29) is 6.04 Å². The third kappa shape index (κ3) is 5.69. The third-order valence-corrected chi connectivity index (χ3v) is 14.0. The minimum atomic E-state index is -0.464.